The van der Waals surface area contributed by atoms with Crippen LogP contribution in [0.4, 0.5) is 0 Å². The zero-order chi connectivity index (χ0) is 27.3. The molecule has 41 heavy (non-hydrogen) atoms. The van der Waals surface area contributed by atoms with Crippen LogP contribution in [-0.4, -0.2) is 0 Å². The Balaban J connectivity index is 1.05. The first kappa shape index (κ1) is 23.5. The van der Waals surface area contributed by atoms with Crippen LogP contribution in [0.25, 0.3) is 40.5 Å². The van der Waals surface area contributed by atoms with Gasteiger partial charge in [0.25, 0.3) is 0 Å². The third-order valence-electron chi connectivity index (χ3n) is 10.6. The van der Waals surface area contributed by atoms with Crippen molar-refractivity contribution >= 4 is 18.2 Å². The topological polar surface area (TPSA) is 0 Å². The van der Waals surface area contributed by atoms with Gasteiger partial charge >= 0.3 is 0 Å². The minimum absolute atomic E-state index is 0.0323. The molecule has 0 saturated carbocycles. The van der Waals surface area contributed by atoms with Gasteiger partial charge in [-0.2, -0.15) is 0 Å². The van der Waals surface area contributed by atoms with E-state index in [2.05, 4.69) is 123 Å². The van der Waals surface area contributed by atoms with E-state index in [0.717, 1.165) is 25.7 Å². The Hall–Kier alpha value is -4.16. The minimum Gasteiger partial charge on any atom is -0.0830 e. The Kier molecular flexibility index (Phi) is 4.84. The van der Waals surface area contributed by atoms with Crippen molar-refractivity contribution in [3.63, 3.8) is 0 Å². The molecule has 2 unspecified atom stereocenters. The molecule has 5 aliphatic carbocycles. The highest BCUT2D eigenvalue weighted by Gasteiger charge is 2.35. The molecular weight excluding hydrogens is 492 g/mol. The highest BCUT2D eigenvalue weighted by molar-refractivity contribution is 5.84. The molecule has 4 aromatic rings. The minimum atomic E-state index is 0.0323. The average molecular weight is 527 g/mol. The van der Waals surface area contributed by atoms with Crippen molar-refractivity contribution < 1.29 is 0 Å². The summed E-state index contributed by atoms with van der Waals surface area (Å²) < 4.78 is 0. The first-order valence-electron chi connectivity index (χ1n) is 15.4. The molecule has 0 spiro atoms. The first-order chi connectivity index (χ1) is 20.0. The van der Waals surface area contributed by atoms with Gasteiger partial charge in [0.1, 0.15) is 0 Å². The van der Waals surface area contributed by atoms with Gasteiger partial charge in [0, 0.05) is 17.3 Å². The monoisotopic (exact) mass is 526 g/mol. The van der Waals surface area contributed by atoms with Crippen LogP contribution in [0.15, 0.2) is 102 Å². The standard InChI is InChI=1S/C41H34/c1-41(2)37-9-4-3-8-35(37)36-19-18-31(24-38(36)41)29-13-12-28-21-30(15-14-27(28)20-29)34-22-32-16-10-25-6-5-7-26-11-17-33(23-34)40(32)39(25)26/h3-6,8-13,16-22,24,26,33H,7,14-15,23H2,1-2H3. The summed E-state index contributed by atoms with van der Waals surface area (Å²) in [5.74, 6) is 1.08. The molecule has 0 amide bonds. The zero-order valence-electron chi connectivity index (χ0n) is 23.9. The summed E-state index contributed by atoms with van der Waals surface area (Å²) in [4.78, 5) is 0. The van der Waals surface area contributed by atoms with E-state index in [1.54, 1.807) is 11.1 Å². The van der Waals surface area contributed by atoms with Crippen LogP contribution < -0.4 is 0 Å². The number of hydrogen-bond acceptors (Lipinski definition) is 0. The third-order valence-corrected chi connectivity index (χ3v) is 10.6. The molecule has 0 N–H and O–H groups in total. The number of rotatable bonds is 2. The van der Waals surface area contributed by atoms with Gasteiger partial charge in [0.05, 0.1) is 0 Å². The first-order valence-corrected chi connectivity index (χ1v) is 15.4. The molecule has 0 heterocycles. The Bertz CT molecular complexity index is 1920. The van der Waals surface area contributed by atoms with Gasteiger partial charge in [-0.15, -0.1) is 0 Å². The van der Waals surface area contributed by atoms with E-state index in [0.29, 0.717) is 11.8 Å². The summed E-state index contributed by atoms with van der Waals surface area (Å²) >= 11 is 0. The van der Waals surface area contributed by atoms with Crippen molar-refractivity contribution in [3.05, 3.63) is 147 Å². The van der Waals surface area contributed by atoms with Crippen LogP contribution in [0.3, 0.4) is 0 Å². The quantitative estimate of drug-likeness (QED) is 0.228. The van der Waals surface area contributed by atoms with Crippen molar-refractivity contribution in [1.82, 2.24) is 0 Å². The number of fused-ring (bicyclic) bond motifs is 4. The van der Waals surface area contributed by atoms with Crippen molar-refractivity contribution in [1.29, 1.82) is 0 Å². The smallest absolute Gasteiger partial charge is 0.0159 e. The van der Waals surface area contributed by atoms with Gasteiger partial charge in [-0.1, -0.05) is 117 Å². The van der Waals surface area contributed by atoms with Crippen molar-refractivity contribution in [2.24, 2.45) is 0 Å². The molecule has 0 radical (unpaired) electrons. The normalized spacial score (nSPS) is 21.8. The summed E-state index contributed by atoms with van der Waals surface area (Å²) in [5.41, 5.74) is 20.4. The second kappa shape index (κ2) is 8.43. The fourth-order valence-corrected chi connectivity index (χ4v) is 8.45. The summed E-state index contributed by atoms with van der Waals surface area (Å²) in [6.45, 7) is 4.73. The maximum absolute atomic E-state index is 2.51. The molecule has 0 heteroatoms. The second-order valence-electron chi connectivity index (χ2n) is 13.2. The van der Waals surface area contributed by atoms with E-state index in [1.807, 2.05) is 0 Å². The Morgan fingerprint density at radius 1 is 0.634 bits per heavy atom. The van der Waals surface area contributed by atoms with Crippen molar-refractivity contribution in [2.75, 3.05) is 0 Å². The highest BCUT2D eigenvalue weighted by atomic mass is 14.4. The average Bonchev–Trinajstić information content (AvgIpc) is 3.25. The molecule has 2 atom stereocenters. The Morgan fingerprint density at radius 3 is 2.32 bits per heavy atom. The van der Waals surface area contributed by atoms with Crippen LogP contribution in [0.5, 0.6) is 0 Å². The lowest BCUT2D eigenvalue weighted by molar-refractivity contribution is 0.660. The van der Waals surface area contributed by atoms with Crippen molar-refractivity contribution in [2.45, 2.75) is 56.8 Å². The molecule has 0 bridgehead atoms. The lowest BCUT2D eigenvalue weighted by Crippen LogP contribution is -2.18. The fraction of sp³-hybridized carbons (Fsp3) is 0.220. The highest BCUT2D eigenvalue weighted by Crippen LogP contribution is 2.51. The van der Waals surface area contributed by atoms with E-state index in [1.165, 1.54) is 66.8 Å². The molecule has 0 aromatic heterocycles. The molecule has 9 rings (SSSR count). The van der Waals surface area contributed by atoms with Gasteiger partial charge in [-0.25, -0.2) is 0 Å². The molecule has 0 nitrogen and oxygen atoms in total. The van der Waals surface area contributed by atoms with Crippen LogP contribution in [-0.2, 0) is 11.8 Å². The zero-order valence-corrected chi connectivity index (χ0v) is 23.9. The van der Waals surface area contributed by atoms with E-state index in [4.69, 9.17) is 0 Å². The maximum Gasteiger partial charge on any atom is 0.0159 e. The Morgan fingerprint density at radius 2 is 1.37 bits per heavy atom. The lowest BCUT2D eigenvalue weighted by Gasteiger charge is -2.35. The molecule has 0 aliphatic heterocycles. The number of aryl methyl sites for hydroxylation is 1. The molecule has 0 fully saturated rings. The summed E-state index contributed by atoms with van der Waals surface area (Å²) in [6.07, 6.45) is 19.2. The van der Waals surface area contributed by atoms with Crippen LogP contribution in [0.2, 0.25) is 0 Å². The second-order valence-corrected chi connectivity index (χ2v) is 13.2. The summed E-state index contributed by atoms with van der Waals surface area (Å²) in [7, 11) is 0. The van der Waals surface area contributed by atoms with Gasteiger partial charge in [-0.3, -0.25) is 0 Å². The number of benzene rings is 4. The predicted molar refractivity (Wildman–Crippen MR) is 173 cm³/mol. The van der Waals surface area contributed by atoms with Crippen molar-refractivity contribution in [3.8, 4) is 22.3 Å². The fourth-order valence-electron chi connectivity index (χ4n) is 8.45. The summed E-state index contributed by atoms with van der Waals surface area (Å²) in [5, 5.41) is 0. The Labute approximate surface area is 243 Å². The molecule has 4 aromatic carbocycles. The van der Waals surface area contributed by atoms with E-state index in [9.17, 15) is 0 Å². The molecule has 0 saturated heterocycles. The summed E-state index contributed by atoms with van der Waals surface area (Å²) in [6, 6.07) is 27.9. The molecular formula is C41H34. The predicted octanol–water partition coefficient (Wildman–Crippen LogP) is 10.6. The third kappa shape index (κ3) is 3.40. The van der Waals surface area contributed by atoms with E-state index >= 15 is 0 Å². The molecule has 5 aliphatic rings. The van der Waals surface area contributed by atoms with Gasteiger partial charge < -0.3 is 0 Å². The van der Waals surface area contributed by atoms with E-state index < -0.39 is 0 Å². The van der Waals surface area contributed by atoms with Crippen LogP contribution in [0.1, 0.15) is 89.5 Å². The largest absolute Gasteiger partial charge is 0.0830 e. The maximum atomic E-state index is 2.51. The SMILES string of the molecule is CC1(C)c2ccccc2-c2ccc(-c3ccc4c(c3)CCC(C3=Cc5ccc6c7c5C(C=CC7CC=C6)C3)=C4)cc21. The number of hydrogen-bond donors (Lipinski definition) is 0. The van der Waals surface area contributed by atoms with E-state index in [-0.39, 0.29) is 5.41 Å². The molecule has 198 valence electrons. The number of allylic oxidation sites excluding steroid dienone is 5. The van der Waals surface area contributed by atoms with Crippen LogP contribution in [0, 0.1) is 0 Å². The lowest BCUT2D eigenvalue weighted by atomic mass is 9.69. The van der Waals surface area contributed by atoms with Gasteiger partial charge in [0.2, 0.25) is 0 Å². The van der Waals surface area contributed by atoms with Gasteiger partial charge in [0.15, 0.2) is 0 Å². The van der Waals surface area contributed by atoms with Gasteiger partial charge in [-0.05, 0) is 110 Å². The van der Waals surface area contributed by atoms with Crippen LogP contribution >= 0.6 is 0 Å².